The third kappa shape index (κ3) is 4.32. The Labute approximate surface area is 121 Å². The Morgan fingerprint density at radius 3 is 2.38 bits per heavy atom. The van der Waals surface area contributed by atoms with E-state index in [1.807, 2.05) is 20.8 Å². The van der Waals surface area contributed by atoms with Crippen LogP contribution in [0.25, 0.3) is 0 Å². The van der Waals surface area contributed by atoms with Gasteiger partial charge in [0.1, 0.15) is 11.6 Å². The maximum atomic E-state index is 13.1. The largest absolute Gasteiger partial charge is 0.392 e. The number of aliphatic hydroxyl groups is 1. The van der Waals surface area contributed by atoms with Crippen LogP contribution in [-0.2, 0) is 12.8 Å². The lowest BCUT2D eigenvalue weighted by molar-refractivity contribution is 0.0565. The summed E-state index contributed by atoms with van der Waals surface area (Å²) in [5, 5.41) is 13.7. The van der Waals surface area contributed by atoms with E-state index in [1.165, 1.54) is 12.1 Å². The number of aromatic nitrogens is 2. The van der Waals surface area contributed by atoms with Crippen LogP contribution in [-0.4, -0.2) is 21.4 Å². The quantitative estimate of drug-likeness (QED) is 0.942. The monoisotopic (exact) mass is 296 g/mol. The molecule has 0 bridgehead atoms. The summed E-state index contributed by atoms with van der Waals surface area (Å²) < 4.78 is 31.3. The van der Waals surface area contributed by atoms with Gasteiger partial charge in [-0.15, -0.1) is 0 Å². The third-order valence-electron chi connectivity index (χ3n) is 3.16. The van der Waals surface area contributed by atoms with Crippen LogP contribution in [0.2, 0.25) is 0 Å². The second-order valence-corrected chi connectivity index (χ2v) is 6.14. The minimum absolute atomic E-state index is 0.170. The Kier molecular flexibility index (Phi) is 4.37. The molecule has 114 valence electrons. The van der Waals surface area contributed by atoms with Gasteiger partial charge in [-0.1, -0.05) is 25.9 Å². The summed E-state index contributed by atoms with van der Waals surface area (Å²) in [5.41, 5.74) is 0.136. The molecule has 0 saturated heterocycles. The van der Waals surface area contributed by atoms with Crippen LogP contribution in [0, 0.1) is 17.0 Å². The van der Waals surface area contributed by atoms with Crippen molar-refractivity contribution in [2.45, 2.75) is 39.7 Å². The van der Waals surface area contributed by atoms with E-state index < -0.39 is 17.7 Å². The summed E-state index contributed by atoms with van der Waals surface area (Å²) in [6.07, 6.45) is -0.199. The van der Waals surface area contributed by atoms with Crippen molar-refractivity contribution >= 4 is 0 Å². The molecular formula is C15H18F2N2O2. The fourth-order valence-corrected chi connectivity index (χ4v) is 1.81. The van der Waals surface area contributed by atoms with Crippen molar-refractivity contribution in [2.24, 2.45) is 5.41 Å². The molecule has 4 nitrogen and oxygen atoms in total. The Hall–Kier alpha value is -1.82. The second-order valence-electron chi connectivity index (χ2n) is 6.14. The smallest absolute Gasteiger partial charge is 0.229 e. The predicted molar refractivity (Wildman–Crippen MR) is 72.6 cm³/mol. The van der Waals surface area contributed by atoms with Crippen LogP contribution in [0.1, 0.15) is 38.0 Å². The van der Waals surface area contributed by atoms with Gasteiger partial charge in [0.25, 0.3) is 0 Å². The van der Waals surface area contributed by atoms with Crippen molar-refractivity contribution in [3.8, 4) is 0 Å². The van der Waals surface area contributed by atoms with E-state index in [4.69, 9.17) is 4.52 Å². The molecule has 1 N–H and O–H groups in total. The summed E-state index contributed by atoms with van der Waals surface area (Å²) in [6, 6.07) is 3.26. The highest BCUT2D eigenvalue weighted by Crippen LogP contribution is 2.22. The van der Waals surface area contributed by atoms with Crippen molar-refractivity contribution in [3.05, 3.63) is 47.1 Å². The van der Waals surface area contributed by atoms with Crippen molar-refractivity contribution < 1.29 is 18.4 Å². The molecule has 2 rings (SSSR count). The average molecular weight is 296 g/mol. The number of benzene rings is 1. The predicted octanol–water partition coefficient (Wildman–Crippen LogP) is 2.89. The number of rotatable bonds is 4. The summed E-state index contributed by atoms with van der Waals surface area (Å²) >= 11 is 0. The van der Waals surface area contributed by atoms with E-state index in [9.17, 15) is 13.9 Å². The molecule has 1 aromatic carbocycles. The van der Waals surface area contributed by atoms with Crippen molar-refractivity contribution in [2.75, 3.05) is 0 Å². The summed E-state index contributed by atoms with van der Waals surface area (Å²) in [4.78, 5) is 4.14. The first kappa shape index (κ1) is 15.6. The zero-order valence-corrected chi connectivity index (χ0v) is 12.2. The zero-order chi connectivity index (χ0) is 15.6. The molecular weight excluding hydrogens is 278 g/mol. The van der Waals surface area contributed by atoms with Crippen LogP contribution >= 0.6 is 0 Å². The molecule has 1 aromatic heterocycles. The maximum absolute atomic E-state index is 13.1. The number of aliphatic hydroxyl groups excluding tert-OH is 1. The standard InChI is InChI=1S/C15H18F2N2O2/c1-15(2,3)12(20)8-14-18-13(19-21-14)6-9-4-10(16)7-11(17)5-9/h4-5,7,12,20H,6,8H2,1-3H3. The summed E-state index contributed by atoms with van der Waals surface area (Å²) in [6.45, 7) is 5.72. The number of halogens is 2. The van der Waals surface area contributed by atoms with Gasteiger partial charge in [-0.3, -0.25) is 0 Å². The van der Waals surface area contributed by atoms with Crippen molar-refractivity contribution in [1.29, 1.82) is 0 Å². The normalized spacial score (nSPS) is 13.4. The van der Waals surface area contributed by atoms with E-state index in [0.29, 0.717) is 17.3 Å². The molecule has 0 aliphatic carbocycles. The molecule has 0 saturated carbocycles. The van der Waals surface area contributed by atoms with Crippen LogP contribution in [0.15, 0.2) is 22.7 Å². The van der Waals surface area contributed by atoms with Gasteiger partial charge in [-0.05, 0) is 23.1 Å². The second kappa shape index (κ2) is 5.89. The molecule has 0 fully saturated rings. The van der Waals surface area contributed by atoms with Gasteiger partial charge < -0.3 is 9.63 Å². The van der Waals surface area contributed by atoms with Gasteiger partial charge in [0, 0.05) is 12.5 Å². The Bertz CT molecular complexity index is 600. The lowest BCUT2D eigenvalue weighted by Crippen LogP contribution is -2.28. The zero-order valence-electron chi connectivity index (χ0n) is 12.2. The molecule has 1 atom stereocenters. The van der Waals surface area contributed by atoms with Gasteiger partial charge in [0.2, 0.25) is 5.89 Å². The molecule has 2 aromatic rings. The first-order valence-electron chi connectivity index (χ1n) is 6.68. The molecule has 6 heteroatoms. The lowest BCUT2D eigenvalue weighted by Gasteiger charge is -2.24. The molecule has 1 unspecified atom stereocenters. The van der Waals surface area contributed by atoms with Gasteiger partial charge in [0.15, 0.2) is 5.82 Å². The van der Waals surface area contributed by atoms with Gasteiger partial charge in [-0.25, -0.2) is 8.78 Å². The first-order valence-corrected chi connectivity index (χ1v) is 6.68. The highest BCUT2D eigenvalue weighted by Gasteiger charge is 2.24. The van der Waals surface area contributed by atoms with Crippen LogP contribution in [0.5, 0.6) is 0 Å². The molecule has 0 aliphatic heterocycles. The minimum Gasteiger partial charge on any atom is -0.392 e. The van der Waals surface area contributed by atoms with Crippen LogP contribution in [0.3, 0.4) is 0 Å². The lowest BCUT2D eigenvalue weighted by atomic mass is 9.87. The van der Waals surface area contributed by atoms with Gasteiger partial charge in [0.05, 0.1) is 12.5 Å². The number of hydrogen-bond acceptors (Lipinski definition) is 4. The fourth-order valence-electron chi connectivity index (χ4n) is 1.81. The molecule has 1 heterocycles. The van der Waals surface area contributed by atoms with E-state index in [0.717, 1.165) is 6.07 Å². The highest BCUT2D eigenvalue weighted by atomic mass is 19.1. The minimum atomic E-state index is -0.642. The van der Waals surface area contributed by atoms with E-state index in [1.54, 1.807) is 0 Å². The summed E-state index contributed by atoms with van der Waals surface area (Å²) in [5.74, 6) is -0.644. The topological polar surface area (TPSA) is 59.2 Å². The molecule has 0 amide bonds. The van der Waals surface area contributed by atoms with Gasteiger partial charge >= 0.3 is 0 Å². The van der Waals surface area contributed by atoms with E-state index in [2.05, 4.69) is 10.1 Å². The van der Waals surface area contributed by atoms with Crippen molar-refractivity contribution in [3.63, 3.8) is 0 Å². The number of hydrogen-bond donors (Lipinski definition) is 1. The maximum Gasteiger partial charge on any atom is 0.229 e. The molecule has 0 radical (unpaired) electrons. The highest BCUT2D eigenvalue weighted by molar-refractivity contribution is 5.21. The molecule has 0 aliphatic rings. The van der Waals surface area contributed by atoms with E-state index >= 15 is 0 Å². The first-order chi connectivity index (χ1) is 9.74. The summed E-state index contributed by atoms with van der Waals surface area (Å²) in [7, 11) is 0. The van der Waals surface area contributed by atoms with Gasteiger partial charge in [-0.2, -0.15) is 4.98 Å². The molecule has 0 spiro atoms. The van der Waals surface area contributed by atoms with Crippen LogP contribution < -0.4 is 0 Å². The fraction of sp³-hybridized carbons (Fsp3) is 0.467. The molecule has 21 heavy (non-hydrogen) atoms. The van der Waals surface area contributed by atoms with Crippen LogP contribution in [0.4, 0.5) is 8.78 Å². The Morgan fingerprint density at radius 1 is 1.19 bits per heavy atom. The third-order valence-corrected chi connectivity index (χ3v) is 3.16. The van der Waals surface area contributed by atoms with Crippen molar-refractivity contribution in [1.82, 2.24) is 10.1 Å². The Morgan fingerprint density at radius 2 is 1.81 bits per heavy atom. The number of nitrogens with zero attached hydrogens (tertiary/aromatic N) is 2. The average Bonchev–Trinajstić information content (AvgIpc) is 2.73. The Balaban J connectivity index is 2.06. The SMILES string of the molecule is CC(C)(C)C(O)Cc1nc(Cc2cc(F)cc(F)c2)no1. The van der Waals surface area contributed by atoms with E-state index in [-0.39, 0.29) is 18.3 Å².